The fraction of sp³-hybridized carbons (Fsp3) is 0.923. The molecule has 8 heterocycles. The normalized spacial score (nSPS) is 39.2. The van der Waals surface area contributed by atoms with Gasteiger partial charge < -0.3 is 220 Å². The molecule has 814 valence electrons. The fourth-order valence-corrected chi connectivity index (χ4v) is 18.8. The number of carbonyl (C=O) groups is 5. The fourth-order valence-electron chi connectivity index (χ4n) is 18.8. The van der Waals surface area contributed by atoms with Gasteiger partial charge in [0.1, 0.15) is 183 Å². The Morgan fingerprint density at radius 1 is 0.386 bits per heavy atom. The summed E-state index contributed by atoms with van der Waals surface area (Å²) in [6, 6.07) is -6.91. The van der Waals surface area contributed by atoms with Crippen LogP contribution in [0.2, 0.25) is 0 Å². The molecule has 0 aromatic rings. The number of hydrogen-bond acceptors (Lipinski definition) is 44. The van der Waals surface area contributed by atoms with Crippen LogP contribution in [0, 0.1) is 0 Å². The molecule has 43 atom stereocenters. The Labute approximate surface area is 813 Å². The predicted octanol–water partition coefficient (Wildman–Crippen LogP) is -7.18. The Morgan fingerprint density at radius 2 is 0.771 bits per heavy atom. The average molecular weight is 2030 g/mol. The summed E-state index contributed by atoms with van der Waals surface area (Å²) in [4.78, 5) is 66.2. The summed E-state index contributed by atoms with van der Waals surface area (Å²) in [5, 5.41) is 284. The van der Waals surface area contributed by atoms with Crippen molar-refractivity contribution in [3.8, 4) is 0 Å². The van der Waals surface area contributed by atoms with Crippen LogP contribution < -0.4 is 21.3 Å². The molecule has 0 saturated carbocycles. The zero-order valence-electron chi connectivity index (χ0n) is 80.5. The number of aliphatic hydroxyl groups is 23. The second kappa shape index (κ2) is 60.3. The SMILES string of the molecule is CCCCCCCCCCCCC/C=C/[C@@H](O)[C@H](CO[C@@H]1OC(CO)[C@@H](O[C@@H]2OC(CO)[C@H](O[C@@H]3OC(CO)[C@H](O)[C@H](O)C3NC(C)=O)[C@H](O[C@H]3OC(CO)[C@H](O)[C@H](O[C@@H]4OC(CO)[C@@H](O[C@@H]5OC(CO)[C@H](O)[C@H](O[C@]6(C(=O)O)CC(O)[C@@H](NC(C)=O)C([C@H](O)[C@H](O)CO)O6)C5O)[C@H](O[C@H]5OC(C)[C@@H](O)C(O)[C@@H]5O)C4NC(C)=O)C3O)C2O)[C@H](O)C1O)NC(=O)CCCCCCCCCCCCCCC. The minimum absolute atomic E-state index is 0.102. The number of ether oxygens (including phenoxy) is 16. The zero-order valence-corrected chi connectivity index (χ0v) is 80.5. The van der Waals surface area contributed by atoms with Crippen LogP contribution in [0.1, 0.15) is 215 Å². The Hall–Kier alpha value is -4.47. The van der Waals surface area contributed by atoms with Crippen LogP contribution in [0.15, 0.2) is 12.2 Å². The van der Waals surface area contributed by atoms with Crippen LogP contribution in [0.5, 0.6) is 0 Å². The lowest BCUT2D eigenvalue weighted by Crippen LogP contribution is -2.72. The number of allylic oxidation sites excluding steroid dienone is 1. The maximum atomic E-state index is 13.8. The van der Waals surface area contributed by atoms with E-state index in [1.54, 1.807) is 6.08 Å². The number of aliphatic carboxylic acids is 1. The van der Waals surface area contributed by atoms with E-state index >= 15 is 0 Å². The van der Waals surface area contributed by atoms with Gasteiger partial charge in [0.25, 0.3) is 5.79 Å². The summed E-state index contributed by atoms with van der Waals surface area (Å²) >= 11 is 0. The molecule has 28 N–H and O–H groups in total. The van der Waals surface area contributed by atoms with E-state index in [0.29, 0.717) is 12.8 Å². The molecule has 8 fully saturated rings. The van der Waals surface area contributed by atoms with Gasteiger partial charge in [-0.2, -0.15) is 0 Å². The molecule has 16 unspecified atom stereocenters. The zero-order chi connectivity index (χ0) is 103. The minimum Gasteiger partial charge on any atom is -0.477 e. The van der Waals surface area contributed by atoms with Crippen molar-refractivity contribution in [1.29, 1.82) is 0 Å². The highest BCUT2D eigenvalue weighted by atomic mass is 16.8. The number of hydrogen-bond donors (Lipinski definition) is 28. The first-order chi connectivity index (χ1) is 66.8. The van der Waals surface area contributed by atoms with Crippen LogP contribution in [-0.4, -0.2) is 468 Å². The quantitative estimate of drug-likeness (QED) is 0.0199. The summed E-state index contributed by atoms with van der Waals surface area (Å²) in [5.74, 6) is -8.75. The van der Waals surface area contributed by atoms with Crippen molar-refractivity contribution in [1.82, 2.24) is 21.3 Å². The first kappa shape index (κ1) is 121. The number of carbonyl (C=O) groups excluding carboxylic acids is 4. The molecule has 49 heteroatoms. The number of carboxylic acid groups (broad SMARTS) is 1. The van der Waals surface area contributed by atoms with Crippen LogP contribution >= 0.6 is 0 Å². The molecule has 8 rings (SSSR count). The van der Waals surface area contributed by atoms with Gasteiger partial charge in [0.2, 0.25) is 23.6 Å². The molecule has 0 bridgehead atoms. The van der Waals surface area contributed by atoms with Gasteiger partial charge >= 0.3 is 5.97 Å². The van der Waals surface area contributed by atoms with Gasteiger partial charge in [-0.05, 0) is 26.2 Å². The van der Waals surface area contributed by atoms with Crippen molar-refractivity contribution in [3.63, 3.8) is 0 Å². The minimum atomic E-state index is -3.35. The molecule has 8 saturated heterocycles. The lowest BCUT2D eigenvalue weighted by Gasteiger charge is -2.53. The number of nitrogens with one attached hydrogen (secondary N) is 4. The maximum Gasteiger partial charge on any atom is 0.364 e. The number of unbranched alkanes of at least 4 members (excludes halogenated alkanes) is 23. The molecule has 140 heavy (non-hydrogen) atoms. The number of carboxylic acids is 1. The topological polar surface area (TPSA) is 767 Å². The van der Waals surface area contributed by atoms with Gasteiger partial charge in [-0.15, -0.1) is 0 Å². The van der Waals surface area contributed by atoms with Crippen molar-refractivity contribution in [3.05, 3.63) is 12.2 Å². The third-order valence-electron chi connectivity index (χ3n) is 26.8. The molecule has 49 nitrogen and oxygen atoms in total. The van der Waals surface area contributed by atoms with Crippen molar-refractivity contribution < 1.29 is 222 Å². The Kier molecular flexibility index (Phi) is 52.0. The second-order valence-electron chi connectivity index (χ2n) is 37.7. The monoisotopic (exact) mass is 2030 g/mol. The largest absolute Gasteiger partial charge is 0.477 e. The van der Waals surface area contributed by atoms with Gasteiger partial charge in [0.15, 0.2) is 44.0 Å². The first-order valence-corrected chi connectivity index (χ1v) is 49.5. The van der Waals surface area contributed by atoms with Gasteiger partial charge in [-0.25, -0.2) is 4.79 Å². The molecule has 0 radical (unpaired) electrons. The molecule has 8 aliphatic heterocycles. The molecule has 0 aromatic carbocycles. The first-order valence-electron chi connectivity index (χ1n) is 49.5. The smallest absolute Gasteiger partial charge is 0.364 e. The molecular formula is C91H160N4O45. The van der Waals surface area contributed by atoms with Gasteiger partial charge in [-0.1, -0.05) is 167 Å². The number of amides is 4. The summed E-state index contributed by atoms with van der Waals surface area (Å²) in [6.07, 6.45) is -52.8. The molecule has 0 aromatic heterocycles. The van der Waals surface area contributed by atoms with Gasteiger partial charge in [0.05, 0.1) is 83.3 Å². The van der Waals surface area contributed by atoms with E-state index in [1.165, 1.54) is 96.5 Å². The average Bonchev–Trinajstić information content (AvgIpc) is 0.748. The maximum absolute atomic E-state index is 13.8. The third-order valence-corrected chi connectivity index (χ3v) is 26.8. The number of rotatable bonds is 59. The molecule has 0 spiro atoms. The van der Waals surface area contributed by atoms with E-state index in [2.05, 4.69) is 35.1 Å². The highest BCUT2D eigenvalue weighted by Crippen LogP contribution is 2.43. The van der Waals surface area contributed by atoms with Crippen molar-refractivity contribution in [2.45, 2.75) is 478 Å². The van der Waals surface area contributed by atoms with Crippen molar-refractivity contribution in [2.24, 2.45) is 0 Å². The van der Waals surface area contributed by atoms with E-state index in [0.717, 1.165) is 85.0 Å². The third kappa shape index (κ3) is 33.3. The van der Waals surface area contributed by atoms with Crippen LogP contribution in [0.25, 0.3) is 0 Å². The lowest BCUT2D eigenvalue weighted by atomic mass is 9.88. The van der Waals surface area contributed by atoms with Crippen LogP contribution in [0.4, 0.5) is 0 Å². The molecule has 0 aliphatic carbocycles. The van der Waals surface area contributed by atoms with Crippen LogP contribution in [0.3, 0.4) is 0 Å². The van der Waals surface area contributed by atoms with E-state index in [9.17, 15) is 147 Å². The second-order valence-corrected chi connectivity index (χ2v) is 37.7. The predicted molar refractivity (Wildman–Crippen MR) is 477 cm³/mol. The number of aliphatic hydroxyl groups excluding tert-OH is 23. The highest BCUT2D eigenvalue weighted by molar-refractivity contribution is 5.77. The summed E-state index contributed by atoms with van der Waals surface area (Å²) in [7, 11) is 0. The van der Waals surface area contributed by atoms with Crippen LogP contribution in [-0.2, 0) is 99.8 Å². The summed E-state index contributed by atoms with van der Waals surface area (Å²) in [5.41, 5.74) is 0. The molecule has 8 aliphatic rings. The van der Waals surface area contributed by atoms with Gasteiger partial charge in [0, 0.05) is 33.6 Å². The Balaban J connectivity index is 1.08. The van der Waals surface area contributed by atoms with E-state index in [1.807, 2.05) is 0 Å². The lowest BCUT2D eigenvalue weighted by molar-refractivity contribution is -0.406. The summed E-state index contributed by atoms with van der Waals surface area (Å²) in [6.45, 7) is -0.538. The highest BCUT2D eigenvalue weighted by Gasteiger charge is 2.64. The van der Waals surface area contributed by atoms with E-state index < -0.39 is 352 Å². The van der Waals surface area contributed by atoms with Crippen molar-refractivity contribution >= 4 is 29.6 Å². The molecule has 4 amide bonds. The molecular weight excluding hydrogens is 1870 g/mol. The Morgan fingerprint density at radius 3 is 1.29 bits per heavy atom. The van der Waals surface area contributed by atoms with Crippen molar-refractivity contribution in [2.75, 3.05) is 52.9 Å². The van der Waals surface area contributed by atoms with E-state index in [4.69, 9.17) is 75.8 Å². The van der Waals surface area contributed by atoms with E-state index in [-0.39, 0.29) is 6.42 Å². The van der Waals surface area contributed by atoms with Gasteiger partial charge in [-0.3, -0.25) is 19.2 Å². The summed E-state index contributed by atoms with van der Waals surface area (Å²) < 4.78 is 97.7. The Bertz CT molecular complexity index is 3590. The standard InChI is InChI=1S/C91H160N4O45/c1-7-9-11-13-15-17-19-21-23-25-27-29-31-33-49(106)48(95-58(109)34-32-30-28-26-24-22-20-18-16-14-12-10-8-2)43-125-85-71(119)69(117)75(55(40-100)131-85)133-89-74(122)82(77(57(42-102)132-89)134-83-60(93-46(5)104)67(115)64(112)52(37-97)127-83)138-87-72(120)80(65(113)53(38-98)128-87)137-84-61(94-47(6)105)79(136-86-70(118)68(116)62(110)44(3)126-86)76(56(41-101)130-84)135-88-73(121)81(66(114)54(39-99)129-88)140-91(90(123)124)35-50(107)59(92-45(4)103)78(139-91)63(111)51(108)36-96/h31,33,44,48-57,59-89,96-102,106-108,110-122H,7-30,32,34-43H2,1-6H3,(H,92,103)(H,93,104)(H,94,105)(H,95,109)(H,123,124)/b33-31+/t44?,48-,49+,50?,51+,52?,53?,54?,55?,56?,57?,59+,60?,61?,62+,63+,64-,65-,66-,67+,68?,69+,70-,71?,72?,73?,74?,75+,76+,77-,78?,79+,80-,81-,82+,83-,84-,85+,86+,87+,88-,89-,91-/m0/s1.